The molecule has 0 amide bonds. The van der Waals surface area contributed by atoms with Crippen LogP contribution in [0.5, 0.6) is 0 Å². The van der Waals surface area contributed by atoms with E-state index in [2.05, 4.69) is 24.3 Å². The maximum atomic E-state index is 5.73. The molecule has 16 heavy (non-hydrogen) atoms. The molecule has 0 saturated heterocycles. The second-order valence-corrected chi connectivity index (χ2v) is 3.77. The summed E-state index contributed by atoms with van der Waals surface area (Å²) in [6.45, 7) is 1.13. The topological polar surface area (TPSA) is 52.0 Å². The molecular formula is C14H16N2. The Labute approximate surface area is 95.9 Å². The molecule has 82 valence electrons. The third-order valence-electron chi connectivity index (χ3n) is 2.71. The van der Waals surface area contributed by atoms with Crippen LogP contribution in [0.15, 0.2) is 48.5 Å². The standard InChI is InChI=1S/C14H16N2/c15-9-11-4-3-6-12(8-11)14-7-2-1-5-13(14)10-16/h1-8H,9-10,15-16H2. The minimum atomic E-state index is 0.559. The minimum absolute atomic E-state index is 0.559. The lowest BCUT2D eigenvalue weighted by Gasteiger charge is -2.08. The molecule has 2 nitrogen and oxygen atoms in total. The number of nitrogens with two attached hydrogens (primary N) is 2. The smallest absolute Gasteiger partial charge is 0.0184 e. The van der Waals surface area contributed by atoms with E-state index in [1.54, 1.807) is 0 Å². The predicted molar refractivity (Wildman–Crippen MR) is 67.7 cm³/mol. The molecule has 0 fully saturated rings. The lowest BCUT2D eigenvalue weighted by Crippen LogP contribution is -1.99. The minimum Gasteiger partial charge on any atom is -0.326 e. The Balaban J connectivity index is 2.49. The van der Waals surface area contributed by atoms with Crippen LogP contribution in [0.25, 0.3) is 11.1 Å². The van der Waals surface area contributed by atoms with Crippen molar-refractivity contribution in [3.63, 3.8) is 0 Å². The van der Waals surface area contributed by atoms with Gasteiger partial charge in [0.2, 0.25) is 0 Å². The van der Waals surface area contributed by atoms with E-state index in [9.17, 15) is 0 Å². The fourth-order valence-corrected chi connectivity index (χ4v) is 1.85. The first-order chi connectivity index (χ1) is 7.85. The van der Waals surface area contributed by atoms with Gasteiger partial charge < -0.3 is 11.5 Å². The number of rotatable bonds is 3. The average molecular weight is 212 g/mol. The molecule has 0 radical (unpaired) electrons. The van der Waals surface area contributed by atoms with Gasteiger partial charge in [-0.2, -0.15) is 0 Å². The van der Waals surface area contributed by atoms with E-state index in [1.807, 2.05) is 24.3 Å². The lowest BCUT2D eigenvalue weighted by molar-refractivity contribution is 1.06. The van der Waals surface area contributed by atoms with E-state index in [0.717, 1.165) is 11.1 Å². The van der Waals surface area contributed by atoms with Crippen molar-refractivity contribution in [1.29, 1.82) is 0 Å². The van der Waals surface area contributed by atoms with Gasteiger partial charge in [0.15, 0.2) is 0 Å². The molecule has 0 saturated carbocycles. The van der Waals surface area contributed by atoms with Crippen LogP contribution in [0.4, 0.5) is 0 Å². The molecule has 2 rings (SSSR count). The van der Waals surface area contributed by atoms with Gasteiger partial charge in [-0.3, -0.25) is 0 Å². The monoisotopic (exact) mass is 212 g/mol. The number of hydrogen-bond acceptors (Lipinski definition) is 2. The molecule has 0 atom stereocenters. The Morgan fingerprint density at radius 2 is 1.62 bits per heavy atom. The summed E-state index contributed by atoms with van der Waals surface area (Å²) in [5, 5.41) is 0. The van der Waals surface area contributed by atoms with Crippen LogP contribution >= 0.6 is 0 Å². The van der Waals surface area contributed by atoms with E-state index in [-0.39, 0.29) is 0 Å². The first-order valence-electron chi connectivity index (χ1n) is 5.42. The van der Waals surface area contributed by atoms with E-state index in [4.69, 9.17) is 11.5 Å². The first-order valence-corrected chi connectivity index (χ1v) is 5.42. The summed E-state index contributed by atoms with van der Waals surface area (Å²) in [4.78, 5) is 0. The Bertz CT molecular complexity index is 478. The SMILES string of the molecule is NCc1cccc(-c2ccccc2CN)c1. The highest BCUT2D eigenvalue weighted by Crippen LogP contribution is 2.24. The second kappa shape index (κ2) is 4.92. The third-order valence-corrected chi connectivity index (χ3v) is 2.71. The van der Waals surface area contributed by atoms with Gasteiger partial charge in [-0.05, 0) is 28.3 Å². The second-order valence-electron chi connectivity index (χ2n) is 3.77. The molecule has 0 aliphatic heterocycles. The normalized spacial score (nSPS) is 10.4. The van der Waals surface area contributed by atoms with Crippen molar-refractivity contribution in [1.82, 2.24) is 0 Å². The summed E-state index contributed by atoms with van der Waals surface area (Å²) in [7, 11) is 0. The molecule has 2 heteroatoms. The molecular weight excluding hydrogens is 196 g/mol. The third kappa shape index (κ3) is 2.13. The molecule has 2 aromatic carbocycles. The highest BCUT2D eigenvalue weighted by atomic mass is 14.5. The molecule has 0 aliphatic rings. The quantitative estimate of drug-likeness (QED) is 0.820. The van der Waals surface area contributed by atoms with Gasteiger partial charge in [0, 0.05) is 13.1 Å². The van der Waals surface area contributed by atoms with Crippen LogP contribution in [-0.2, 0) is 13.1 Å². The molecule has 4 N–H and O–H groups in total. The van der Waals surface area contributed by atoms with E-state index < -0.39 is 0 Å². The zero-order valence-corrected chi connectivity index (χ0v) is 9.19. The highest BCUT2D eigenvalue weighted by Gasteiger charge is 2.03. The van der Waals surface area contributed by atoms with Gasteiger partial charge in [0.1, 0.15) is 0 Å². The van der Waals surface area contributed by atoms with Crippen molar-refractivity contribution in [2.45, 2.75) is 13.1 Å². The highest BCUT2D eigenvalue weighted by molar-refractivity contribution is 5.67. The Morgan fingerprint density at radius 3 is 2.38 bits per heavy atom. The zero-order chi connectivity index (χ0) is 11.4. The summed E-state index contributed by atoms with van der Waals surface area (Å²) in [5.41, 5.74) is 16.1. The molecule has 0 aliphatic carbocycles. The fraction of sp³-hybridized carbons (Fsp3) is 0.143. The first kappa shape index (κ1) is 10.9. The van der Waals surface area contributed by atoms with Gasteiger partial charge in [0.25, 0.3) is 0 Å². The van der Waals surface area contributed by atoms with Crippen LogP contribution in [0.1, 0.15) is 11.1 Å². The van der Waals surface area contributed by atoms with Gasteiger partial charge in [0.05, 0.1) is 0 Å². The lowest BCUT2D eigenvalue weighted by atomic mass is 9.98. The molecule has 2 aromatic rings. The Morgan fingerprint density at radius 1 is 0.812 bits per heavy atom. The van der Waals surface area contributed by atoms with Crippen molar-refractivity contribution in [3.8, 4) is 11.1 Å². The molecule has 0 aromatic heterocycles. The molecule has 0 heterocycles. The average Bonchev–Trinajstić information content (AvgIpc) is 2.38. The summed E-state index contributed by atoms with van der Waals surface area (Å²) >= 11 is 0. The van der Waals surface area contributed by atoms with Gasteiger partial charge in [-0.25, -0.2) is 0 Å². The summed E-state index contributed by atoms with van der Waals surface area (Å²) in [6.07, 6.45) is 0. The number of hydrogen-bond donors (Lipinski definition) is 2. The maximum absolute atomic E-state index is 5.73. The zero-order valence-electron chi connectivity index (χ0n) is 9.19. The van der Waals surface area contributed by atoms with Crippen molar-refractivity contribution in [2.75, 3.05) is 0 Å². The van der Waals surface area contributed by atoms with Gasteiger partial charge in [-0.15, -0.1) is 0 Å². The Kier molecular flexibility index (Phi) is 3.34. The van der Waals surface area contributed by atoms with E-state index in [1.165, 1.54) is 11.1 Å². The van der Waals surface area contributed by atoms with Gasteiger partial charge in [-0.1, -0.05) is 42.5 Å². The van der Waals surface area contributed by atoms with E-state index >= 15 is 0 Å². The van der Waals surface area contributed by atoms with Crippen molar-refractivity contribution in [3.05, 3.63) is 59.7 Å². The fourth-order valence-electron chi connectivity index (χ4n) is 1.85. The van der Waals surface area contributed by atoms with Crippen LogP contribution in [0, 0.1) is 0 Å². The maximum Gasteiger partial charge on any atom is 0.0184 e. The van der Waals surface area contributed by atoms with Gasteiger partial charge >= 0.3 is 0 Å². The summed E-state index contributed by atoms with van der Waals surface area (Å²) < 4.78 is 0. The molecule has 0 unspecified atom stereocenters. The summed E-state index contributed by atoms with van der Waals surface area (Å²) in [6, 6.07) is 16.5. The van der Waals surface area contributed by atoms with Crippen LogP contribution in [0.3, 0.4) is 0 Å². The predicted octanol–water partition coefficient (Wildman–Crippen LogP) is 2.27. The Hall–Kier alpha value is -1.64. The van der Waals surface area contributed by atoms with Crippen LogP contribution in [0.2, 0.25) is 0 Å². The van der Waals surface area contributed by atoms with Crippen LogP contribution < -0.4 is 11.5 Å². The van der Waals surface area contributed by atoms with Crippen molar-refractivity contribution < 1.29 is 0 Å². The van der Waals surface area contributed by atoms with E-state index in [0.29, 0.717) is 13.1 Å². The van der Waals surface area contributed by atoms with Crippen molar-refractivity contribution >= 4 is 0 Å². The van der Waals surface area contributed by atoms with Crippen molar-refractivity contribution in [2.24, 2.45) is 11.5 Å². The largest absolute Gasteiger partial charge is 0.326 e. The summed E-state index contributed by atoms with van der Waals surface area (Å²) in [5.74, 6) is 0. The van der Waals surface area contributed by atoms with Crippen LogP contribution in [-0.4, -0.2) is 0 Å². The number of benzene rings is 2. The molecule has 0 spiro atoms. The molecule has 0 bridgehead atoms.